The third kappa shape index (κ3) is 7.54. The van der Waals surface area contributed by atoms with Crippen molar-refractivity contribution < 1.29 is 14.3 Å². The second-order valence-corrected chi connectivity index (χ2v) is 2.85. The summed E-state index contributed by atoms with van der Waals surface area (Å²) in [6, 6.07) is 0. The molecule has 0 aromatic carbocycles. The van der Waals surface area contributed by atoms with Crippen LogP contribution in [-0.2, 0) is 14.3 Å². The maximum atomic E-state index is 10.6. The third-order valence-electron chi connectivity index (χ3n) is 1.29. The normalized spacial score (nSPS) is 10.3. The topological polar surface area (TPSA) is 35.5 Å². The molecular formula is C9H18O3. The fraction of sp³-hybridized carbons (Fsp3) is 0.889. The zero-order valence-electron chi connectivity index (χ0n) is 8.13. The van der Waals surface area contributed by atoms with E-state index < -0.39 is 0 Å². The fourth-order valence-corrected chi connectivity index (χ4v) is 0.666. The number of hydrogen-bond donors (Lipinski definition) is 0. The zero-order valence-corrected chi connectivity index (χ0v) is 8.13. The van der Waals surface area contributed by atoms with Gasteiger partial charge in [0.1, 0.15) is 0 Å². The van der Waals surface area contributed by atoms with E-state index in [9.17, 15) is 4.79 Å². The van der Waals surface area contributed by atoms with Gasteiger partial charge in [-0.2, -0.15) is 0 Å². The summed E-state index contributed by atoms with van der Waals surface area (Å²) in [5.74, 6) is -0.139. The van der Waals surface area contributed by atoms with E-state index in [1.165, 1.54) is 0 Å². The first kappa shape index (κ1) is 11.4. The van der Waals surface area contributed by atoms with Crippen LogP contribution < -0.4 is 0 Å². The second-order valence-electron chi connectivity index (χ2n) is 2.85. The number of carbonyl (C=O) groups is 1. The quantitative estimate of drug-likeness (QED) is 0.454. The molecule has 0 atom stereocenters. The van der Waals surface area contributed by atoms with E-state index in [-0.39, 0.29) is 12.1 Å². The number of ether oxygens (including phenoxy) is 2. The van der Waals surface area contributed by atoms with Crippen LogP contribution in [0.3, 0.4) is 0 Å². The van der Waals surface area contributed by atoms with Crippen LogP contribution in [0, 0.1) is 0 Å². The second kappa shape index (κ2) is 7.10. The van der Waals surface area contributed by atoms with Crippen molar-refractivity contribution in [2.75, 3.05) is 13.2 Å². The van der Waals surface area contributed by atoms with E-state index >= 15 is 0 Å². The Morgan fingerprint density at radius 3 is 2.50 bits per heavy atom. The van der Waals surface area contributed by atoms with Crippen LogP contribution in [0.15, 0.2) is 0 Å². The van der Waals surface area contributed by atoms with Crippen molar-refractivity contribution >= 4 is 5.97 Å². The monoisotopic (exact) mass is 174 g/mol. The number of hydrogen-bond acceptors (Lipinski definition) is 3. The summed E-state index contributed by atoms with van der Waals surface area (Å²) in [7, 11) is 0. The first-order chi connectivity index (χ1) is 5.66. The Morgan fingerprint density at radius 1 is 1.33 bits per heavy atom. The summed E-state index contributed by atoms with van der Waals surface area (Å²) in [5, 5.41) is 0. The number of carbonyl (C=O) groups excluding carboxylic acids is 1. The molecule has 0 spiro atoms. The summed E-state index contributed by atoms with van der Waals surface area (Å²) < 4.78 is 10.1. The highest BCUT2D eigenvalue weighted by Gasteiger charge is 1.97. The molecule has 72 valence electrons. The van der Waals surface area contributed by atoms with Crippen LogP contribution >= 0.6 is 0 Å². The molecule has 0 fully saturated rings. The summed E-state index contributed by atoms with van der Waals surface area (Å²) in [6.45, 7) is 6.89. The van der Waals surface area contributed by atoms with Crippen molar-refractivity contribution in [1.29, 1.82) is 0 Å². The highest BCUT2D eigenvalue weighted by molar-refractivity contribution is 5.68. The number of esters is 1. The third-order valence-corrected chi connectivity index (χ3v) is 1.29. The largest absolute Gasteiger partial charge is 0.466 e. The molecule has 0 saturated heterocycles. The molecule has 0 aliphatic carbocycles. The Hall–Kier alpha value is -0.570. The average molecular weight is 174 g/mol. The molecule has 12 heavy (non-hydrogen) atoms. The minimum atomic E-state index is -0.139. The fourth-order valence-electron chi connectivity index (χ4n) is 0.666. The van der Waals surface area contributed by atoms with E-state index in [0.717, 1.165) is 6.42 Å². The van der Waals surface area contributed by atoms with Gasteiger partial charge < -0.3 is 9.47 Å². The lowest BCUT2D eigenvalue weighted by Crippen LogP contribution is -2.09. The van der Waals surface area contributed by atoms with Gasteiger partial charge >= 0.3 is 5.97 Å². The lowest BCUT2D eigenvalue weighted by molar-refractivity contribution is -0.143. The summed E-state index contributed by atoms with van der Waals surface area (Å²) in [5.41, 5.74) is 0. The molecule has 0 radical (unpaired) electrons. The predicted octanol–water partition coefficient (Wildman–Crippen LogP) is 1.75. The SMILES string of the molecule is CCC(=O)OCCCOC(C)C. The molecular weight excluding hydrogens is 156 g/mol. The van der Waals surface area contributed by atoms with Crippen molar-refractivity contribution in [1.82, 2.24) is 0 Å². The lowest BCUT2D eigenvalue weighted by Gasteiger charge is -2.07. The first-order valence-corrected chi connectivity index (χ1v) is 4.44. The molecule has 0 N–H and O–H groups in total. The molecule has 0 unspecified atom stereocenters. The van der Waals surface area contributed by atoms with Gasteiger partial charge in [-0.25, -0.2) is 0 Å². The maximum Gasteiger partial charge on any atom is 0.305 e. The van der Waals surface area contributed by atoms with Gasteiger partial charge in [0.05, 0.1) is 19.3 Å². The van der Waals surface area contributed by atoms with Gasteiger partial charge in [0.2, 0.25) is 0 Å². The highest BCUT2D eigenvalue weighted by Crippen LogP contribution is 1.92. The van der Waals surface area contributed by atoms with Crippen LogP contribution in [-0.4, -0.2) is 25.3 Å². The van der Waals surface area contributed by atoms with Gasteiger partial charge in [-0.1, -0.05) is 6.92 Å². The molecule has 0 rings (SSSR count). The van der Waals surface area contributed by atoms with E-state index in [4.69, 9.17) is 9.47 Å². The Labute approximate surface area is 74.0 Å². The smallest absolute Gasteiger partial charge is 0.305 e. The maximum absolute atomic E-state index is 10.6. The Kier molecular flexibility index (Phi) is 6.76. The molecule has 0 saturated carbocycles. The molecule has 0 aliphatic rings. The van der Waals surface area contributed by atoms with Crippen LogP contribution in [0.2, 0.25) is 0 Å². The van der Waals surface area contributed by atoms with Crippen LogP contribution in [0.25, 0.3) is 0 Å². The molecule has 0 bridgehead atoms. The van der Waals surface area contributed by atoms with Gasteiger partial charge in [-0.3, -0.25) is 4.79 Å². The minimum absolute atomic E-state index is 0.139. The van der Waals surface area contributed by atoms with Gasteiger partial charge in [0, 0.05) is 12.8 Å². The van der Waals surface area contributed by atoms with Gasteiger partial charge in [0.15, 0.2) is 0 Å². The molecule has 0 aromatic heterocycles. The van der Waals surface area contributed by atoms with Crippen LogP contribution in [0.4, 0.5) is 0 Å². The summed E-state index contributed by atoms with van der Waals surface area (Å²) >= 11 is 0. The average Bonchev–Trinajstić information content (AvgIpc) is 2.03. The molecule has 0 aromatic rings. The minimum Gasteiger partial charge on any atom is -0.466 e. The van der Waals surface area contributed by atoms with Crippen molar-refractivity contribution in [3.63, 3.8) is 0 Å². The standard InChI is InChI=1S/C9H18O3/c1-4-9(10)12-7-5-6-11-8(2)3/h8H,4-7H2,1-3H3. The first-order valence-electron chi connectivity index (χ1n) is 4.44. The van der Waals surface area contributed by atoms with Gasteiger partial charge in [-0.05, 0) is 13.8 Å². The molecule has 0 amide bonds. The van der Waals surface area contributed by atoms with Gasteiger partial charge in [-0.15, -0.1) is 0 Å². The lowest BCUT2D eigenvalue weighted by atomic mass is 10.4. The van der Waals surface area contributed by atoms with Crippen molar-refractivity contribution in [3.05, 3.63) is 0 Å². The van der Waals surface area contributed by atoms with Crippen molar-refractivity contribution in [2.45, 2.75) is 39.7 Å². The van der Waals surface area contributed by atoms with Crippen LogP contribution in [0.5, 0.6) is 0 Å². The van der Waals surface area contributed by atoms with Gasteiger partial charge in [0.25, 0.3) is 0 Å². The van der Waals surface area contributed by atoms with Crippen molar-refractivity contribution in [3.8, 4) is 0 Å². The van der Waals surface area contributed by atoms with Crippen molar-refractivity contribution in [2.24, 2.45) is 0 Å². The predicted molar refractivity (Wildman–Crippen MR) is 47.0 cm³/mol. The molecule has 0 heterocycles. The van der Waals surface area contributed by atoms with E-state index in [1.54, 1.807) is 6.92 Å². The molecule has 3 heteroatoms. The zero-order chi connectivity index (χ0) is 9.40. The Bertz CT molecular complexity index is 121. The Morgan fingerprint density at radius 2 is 2.00 bits per heavy atom. The van der Waals surface area contributed by atoms with E-state index in [0.29, 0.717) is 19.6 Å². The Balaban J connectivity index is 3.05. The summed E-state index contributed by atoms with van der Waals surface area (Å²) in [6.07, 6.45) is 1.49. The van der Waals surface area contributed by atoms with E-state index in [2.05, 4.69) is 0 Å². The highest BCUT2D eigenvalue weighted by atomic mass is 16.5. The molecule has 3 nitrogen and oxygen atoms in total. The van der Waals surface area contributed by atoms with Crippen LogP contribution in [0.1, 0.15) is 33.6 Å². The molecule has 0 aliphatic heterocycles. The van der Waals surface area contributed by atoms with E-state index in [1.807, 2.05) is 13.8 Å². The number of rotatable bonds is 6. The summed E-state index contributed by atoms with van der Waals surface area (Å²) in [4.78, 5) is 10.6.